The molecule has 1 aliphatic heterocycles. The quantitative estimate of drug-likeness (QED) is 0.653. The lowest BCUT2D eigenvalue weighted by atomic mass is 10.0. The highest BCUT2D eigenvalue weighted by Crippen LogP contribution is 2.28. The van der Waals surface area contributed by atoms with Crippen molar-refractivity contribution < 1.29 is 9.90 Å². The van der Waals surface area contributed by atoms with Gasteiger partial charge >= 0.3 is 0 Å². The van der Waals surface area contributed by atoms with Crippen molar-refractivity contribution in [3.8, 4) is 0 Å². The molecule has 0 bridgehead atoms. The Morgan fingerprint density at radius 2 is 1.96 bits per heavy atom. The van der Waals surface area contributed by atoms with Crippen LogP contribution in [0.15, 0.2) is 76.8 Å². The number of amides is 1. The third-order valence-electron chi connectivity index (χ3n) is 4.54. The second-order valence-electron chi connectivity index (χ2n) is 6.46. The van der Waals surface area contributed by atoms with Crippen LogP contribution in [0.3, 0.4) is 0 Å². The summed E-state index contributed by atoms with van der Waals surface area (Å²) in [4.78, 5) is 21.2. The van der Waals surface area contributed by atoms with Crippen LogP contribution >= 0.6 is 11.8 Å². The smallest absolute Gasteiger partial charge is 0.286 e. The van der Waals surface area contributed by atoms with Crippen molar-refractivity contribution in [1.29, 1.82) is 0 Å². The van der Waals surface area contributed by atoms with Crippen molar-refractivity contribution in [3.05, 3.63) is 82.9 Å². The number of amidine groups is 1. The molecule has 2 N–H and O–H groups in total. The van der Waals surface area contributed by atoms with E-state index in [1.807, 2.05) is 66.7 Å². The summed E-state index contributed by atoms with van der Waals surface area (Å²) in [6.07, 6.45) is 3.61. The number of carbonyl (C=O) groups excluding carboxylic acids is 1. The molecule has 0 spiro atoms. The number of aliphatic hydroxyl groups excluding tert-OH is 1. The molecule has 1 aromatic heterocycles. The van der Waals surface area contributed by atoms with Gasteiger partial charge in [0.25, 0.3) is 5.91 Å². The summed E-state index contributed by atoms with van der Waals surface area (Å²) in [5.74, 6) is -0.306. The zero-order chi connectivity index (χ0) is 19.3. The third-order valence-corrected chi connectivity index (χ3v) is 5.48. The Morgan fingerprint density at radius 1 is 1.11 bits per heavy atom. The molecule has 4 rings (SSSR count). The lowest BCUT2D eigenvalue weighted by molar-refractivity contribution is -0.113. The molecule has 0 aliphatic carbocycles. The fourth-order valence-corrected chi connectivity index (χ4v) is 3.86. The van der Waals surface area contributed by atoms with Crippen molar-refractivity contribution >= 4 is 39.8 Å². The van der Waals surface area contributed by atoms with Crippen LogP contribution in [0, 0.1) is 0 Å². The minimum Gasteiger partial charge on any atom is -0.396 e. The number of rotatable bonds is 5. The zero-order valence-electron chi connectivity index (χ0n) is 15.1. The van der Waals surface area contributed by atoms with E-state index in [0.29, 0.717) is 16.6 Å². The minimum atomic E-state index is -0.251. The normalized spacial score (nSPS) is 16.4. The summed E-state index contributed by atoms with van der Waals surface area (Å²) in [5, 5.41) is 14.4. The van der Waals surface area contributed by atoms with Gasteiger partial charge in [-0.2, -0.15) is 4.99 Å². The second-order valence-corrected chi connectivity index (χ2v) is 7.49. The molecule has 140 valence electrons. The number of pyridine rings is 1. The van der Waals surface area contributed by atoms with Crippen molar-refractivity contribution in [2.75, 3.05) is 13.2 Å². The predicted molar refractivity (Wildman–Crippen MR) is 114 cm³/mol. The van der Waals surface area contributed by atoms with Crippen LogP contribution < -0.4 is 5.32 Å². The summed E-state index contributed by atoms with van der Waals surface area (Å²) in [6.45, 7) is 0.533. The first-order valence-corrected chi connectivity index (χ1v) is 9.81. The molecule has 0 saturated heterocycles. The van der Waals surface area contributed by atoms with Gasteiger partial charge in [-0.15, -0.1) is 0 Å². The van der Waals surface area contributed by atoms with E-state index in [4.69, 9.17) is 0 Å². The van der Waals surface area contributed by atoms with E-state index in [9.17, 15) is 9.90 Å². The van der Waals surface area contributed by atoms with Gasteiger partial charge < -0.3 is 10.4 Å². The first-order valence-electron chi connectivity index (χ1n) is 9.00. The minimum absolute atomic E-state index is 0.0245. The van der Waals surface area contributed by atoms with E-state index >= 15 is 0 Å². The van der Waals surface area contributed by atoms with Crippen LogP contribution in [0.25, 0.3) is 17.0 Å². The predicted octanol–water partition coefficient (Wildman–Crippen LogP) is 3.57. The average Bonchev–Trinajstić information content (AvgIpc) is 3.08. The Balaban J connectivity index is 1.44. The molecule has 5 nitrogen and oxygen atoms in total. The van der Waals surface area contributed by atoms with Gasteiger partial charge in [-0.05, 0) is 47.2 Å². The Morgan fingerprint density at radius 3 is 2.79 bits per heavy atom. The Labute approximate surface area is 167 Å². The third kappa shape index (κ3) is 4.13. The molecule has 0 saturated carbocycles. The number of thioether (sulfide) groups is 1. The zero-order valence-corrected chi connectivity index (χ0v) is 15.9. The molecule has 2 aromatic carbocycles. The molecule has 1 unspecified atom stereocenters. The number of aromatic nitrogens is 1. The van der Waals surface area contributed by atoms with Gasteiger partial charge in [0, 0.05) is 24.0 Å². The van der Waals surface area contributed by atoms with E-state index in [1.165, 1.54) is 11.8 Å². The average molecular weight is 389 g/mol. The highest BCUT2D eigenvalue weighted by atomic mass is 32.2. The SMILES string of the molecule is O=C1N=C(NCC(CO)c2ccccc2)S/C1=C\c1ccc2ncccc2c1. The molecule has 28 heavy (non-hydrogen) atoms. The molecule has 3 aromatic rings. The van der Waals surface area contributed by atoms with Crippen molar-refractivity contribution in [1.82, 2.24) is 10.3 Å². The highest BCUT2D eigenvalue weighted by Gasteiger charge is 2.22. The summed E-state index contributed by atoms with van der Waals surface area (Å²) in [5.41, 5.74) is 2.91. The molecular weight excluding hydrogens is 370 g/mol. The van der Waals surface area contributed by atoms with Crippen LogP contribution in [0.5, 0.6) is 0 Å². The van der Waals surface area contributed by atoms with Gasteiger partial charge in [0.1, 0.15) is 0 Å². The molecule has 2 heterocycles. The summed E-state index contributed by atoms with van der Waals surface area (Å²) in [6, 6.07) is 19.6. The van der Waals surface area contributed by atoms with Crippen LogP contribution in [-0.2, 0) is 4.79 Å². The van der Waals surface area contributed by atoms with Gasteiger partial charge in [-0.1, -0.05) is 42.5 Å². The van der Waals surface area contributed by atoms with Crippen LogP contribution in [0.2, 0.25) is 0 Å². The van der Waals surface area contributed by atoms with E-state index in [2.05, 4.69) is 15.3 Å². The highest BCUT2D eigenvalue weighted by molar-refractivity contribution is 8.18. The van der Waals surface area contributed by atoms with Crippen LogP contribution in [-0.4, -0.2) is 34.3 Å². The summed E-state index contributed by atoms with van der Waals surface area (Å²) in [7, 11) is 0. The van der Waals surface area contributed by atoms with Crippen molar-refractivity contribution in [2.24, 2.45) is 4.99 Å². The molecule has 1 atom stereocenters. The Bertz CT molecular complexity index is 1060. The number of hydrogen-bond donors (Lipinski definition) is 2. The molecule has 1 amide bonds. The fraction of sp³-hybridized carbons (Fsp3) is 0.136. The molecule has 0 fully saturated rings. The molecule has 0 radical (unpaired) electrons. The first kappa shape index (κ1) is 18.4. The lowest BCUT2D eigenvalue weighted by Crippen LogP contribution is -2.27. The number of aliphatic imine (C=N–C) groups is 1. The van der Waals surface area contributed by atoms with E-state index in [0.717, 1.165) is 22.0 Å². The maximum Gasteiger partial charge on any atom is 0.286 e. The van der Waals surface area contributed by atoms with E-state index in [1.54, 1.807) is 6.20 Å². The number of hydrogen-bond acceptors (Lipinski definition) is 5. The van der Waals surface area contributed by atoms with Gasteiger partial charge in [0.05, 0.1) is 17.0 Å². The van der Waals surface area contributed by atoms with Gasteiger partial charge in [0.15, 0.2) is 5.17 Å². The van der Waals surface area contributed by atoms with Crippen LogP contribution in [0.4, 0.5) is 0 Å². The second kappa shape index (κ2) is 8.37. The number of aliphatic hydroxyl groups is 1. The monoisotopic (exact) mass is 389 g/mol. The maximum absolute atomic E-state index is 12.3. The summed E-state index contributed by atoms with van der Waals surface area (Å²) >= 11 is 1.32. The van der Waals surface area contributed by atoms with Crippen LogP contribution in [0.1, 0.15) is 17.0 Å². The topological polar surface area (TPSA) is 74.6 Å². The van der Waals surface area contributed by atoms with Crippen molar-refractivity contribution in [2.45, 2.75) is 5.92 Å². The number of nitrogens with one attached hydrogen (secondary N) is 1. The fourth-order valence-electron chi connectivity index (χ4n) is 3.04. The van der Waals surface area contributed by atoms with E-state index in [-0.39, 0.29) is 18.4 Å². The lowest BCUT2D eigenvalue weighted by Gasteiger charge is -2.15. The number of carbonyl (C=O) groups is 1. The van der Waals surface area contributed by atoms with Gasteiger partial charge in [-0.3, -0.25) is 9.78 Å². The standard InChI is InChI=1S/C22H19N3O2S/c26-14-18(16-5-2-1-3-6-16)13-24-22-25-21(27)20(28-22)12-15-8-9-19-17(11-15)7-4-10-23-19/h1-12,18,26H,13-14H2,(H,24,25,27)/b20-12-. The largest absolute Gasteiger partial charge is 0.396 e. The molecule has 6 heteroatoms. The van der Waals surface area contributed by atoms with Gasteiger partial charge in [0.2, 0.25) is 0 Å². The van der Waals surface area contributed by atoms with Crippen molar-refractivity contribution in [3.63, 3.8) is 0 Å². The van der Waals surface area contributed by atoms with E-state index < -0.39 is 0 Å². The Kier molecular flexibility index (Phi) is 5.50. The van der Waals surface area contributed by atoms with Gasteiger partial charge in [-0.25, -0.2) is 0 Å². The number of nitrogens with zero attached hydrogens (tertiary/aromatic N) is 2. The molecule has 1 aliphatic rings. The first-order chi connectivity index (χ1) is 13.7. The number of benzene rings is 2. The maximum atomic E-state index is 12.3. The number of fused-ring (bicyclic) bond motifs is 1. The Hall–Kier alpha value is -2.96. The summed E-state index contributed by atoms with van der Waals surface area (Å²) < 4.78 is 0. The molecular formula is C22H19N3O2S.